The first kappa shape index (κ1) is 20.3. The molecule has 2 aliphatic heterocycles. The standard InChI is InChI=1S/C20H25F3N4O2/c1-2-13(28)8-27-19-9-26(7-11(19)6-25-27)12-3-18(24)20(29-10-12)14-4-16(22)17(23)5-15(14)21/h4-6,12-13,18,20,28H,2-3,7-10,24H2,1H3/t12-,13+,18+,20-/m1/s1. The van der Waals surface area contributed by atoms with Crippen molar-refractivity contribution >= 4 is 0 Å². The van der Waals surface area contributed by atoms with Crippen LogP contribution in [0.15, 0.2) is 18.3 Å². The Bertz CT molecular complexity index is 891. The molecule has 0 spiro atoms. The van der Waals surface area contributed by atoms with Gasteiger partial charge < -0.3 is 15.6 Å². The van der Waals surface area contributed by atoms with Crippen molar-refractivity contribution in [2.45, 2.75) is 63.7 Å². The fourth-order valence-corrected chi connectivity index (χ4v) is 4.15. The summed E-state index contributed by atoms with van der Waals surface area (Å²) in [5, 5.41) is 14.3. The zero-order chi connectivity index (χ0) is 20.7. The van der Waals surface area contributed by atoms with Gasteiger partial charge in [-0.2, -0.15) is 5.10 Å². The fraction of sp³-hybridized carbons (Fsp3) is 0.550. The normalized spacial score (nSPS) is 25.9. The minimum atomic E-state index is -1.23. The Balaban J connectivity index is 1.42. The van der Waals surface area contributed by atoms with Crippen LogP contribution in [0.2, 0.25) is 0 Å². The molecule has 4 rings (SSSR count). The number of nitrogens with zero attached hydrogens (tertiary/aromatic N) is 3. The number of aliphatic hydroxyl groups is 1. The number of nitrogens with two attached hydrogens (primary N) is 1. The van der Waals surface area contributed by atoms with E-state index in [-0.39, 0.29) is 11.6 Å². The third-order valence-corrected chi connectivity index (χ3v) is 5.88. The molecule has 2 aliphatic rings. The van der Waals surface area contributed by atoms with Gasteiger partial charge in [0.1, 0.15) is 11.9 Å². The van der Waals surface area contributed by atoms with Crippen molar-refractivity contribution in [3.63, 3.8) is 0 Å². The second-order valence-electron chi connectivity index (χ2n) is 7.86. The molecule has 1 aromatic heterocycles. The minimum Gasteiger partial charge on any atom is -0.391 e. The summed E-state index contributed by atoms with van der Waals surface area (Å²) < 4.78 is 48.5. The third-order valence-electron chi connectivity index (χ3n) is 5.88. The van der Waals surface area contributed by atoms with E-state index in [1.54, 1.807) is 0 Å². The number of hydrogen-bond donors (Lipinski definition) is 2. The number of aliphatic hydroxyl groups excluding tert-OH is 1. The maximum Gasteiger partial charge on any atom is 0.161 e. The molecule has 3 heterocycles. The molecule has 0 aliphatic carbocycles. The van der Waals surface area contributed by atoms with Crippen LogP contribution in [-0.2, 0) is 24.4 Å². The van der Waals surface area contributed by atoms with Gasteiger partial charge in [-0.1, -0.05) is 6.92 Å². The molecule has 1 saturated heterocycles. The highest BCUT2D eigenvalue weighted by molar-refractivity contribution is 5.25. The van der Waals surface area contributed by atoms with Gasteiger partial charge in [-0.05, 0) is 18.9 Å². The van der Waals surface area contributed by atoms with Crippen LogP contribution in [0.5, 0.6) is 0 Å². The third kappa shape index (κ3) is 3.92. The average Bonchev–Trinajstić information content (AvgIpc) is 3.27. The molecule has 6 nitrogen and oxygen atoms in total. The lowest BCUT2D eigenvalue weighted by Gasteiger charge is -2.38. The summed E-state index contributed by atoms with van der Waals surface area (Å²) in [6.45, 7) is 4.05. The maximum atomic E-state index is 14.1. The van der Waals surface area contributed by atoms with E-state index in [1.807, 2.05) is 17.8 Å². The second kappa shape index (κ2) is 8.06. The molecular weight excluding hydrogens is 385 g/mol. The lowest BCUT2D eigenvalue weighted by molar-refractivity contribution is -0.0535. The van der Waals surface area contributed by atoms with Gasteiger partial charge in [0.25, 0.3) is 0 Å². The summed E-state index contributed by atoms with van der Waals surface area (Å²) in [7, 11) is 0. The number of halogens is 3. The smallest absolute Gasteiger partial charge is 0.161 e. The fourth-order valence-electron chi connectivity index (χ4n) is 4.15. The van der Waals surface area contributed by atoms with Gasteiger partial charge in [0, 0.05) is 42.4 Å². The van der Waals surface area contributed by atoms with Gasteiger partial charge in [0.15, 0.2) is 11.6 Å². The van der Waals surface area contributed by atoms with Gasteiger partial charge in [-0.15, -0.1) is 0 Å². The highest BCUT2D eigenvalue weighted by Crippen LogP contribution is 2.34. The van der Waals surface area contributed by atoms with Crippen LogP contribution in [0.4, 0.5) is 13.2 Å². The SMILES string of the molecule is CC[C@H](O)Cn1ncc2c1CN([C@H]1CO[C@H](c3cc(F)c(F)cc3F)[C@@H](N)C1)C2. The molecule has 29 heavy (non-hydrogen) atoms. The largest absolute Gasteiger partial charge is 0.391 e. The van der Waals surface area contributed by atoms with Crippen LogP contribution in [-0.4, -0.2) is 44.6 Å². The van der Waals surface area contributed by atoms with Crippen LogP contribution < -0.4 is 5.73 Å². The van der Waals surface area contributed by atoms with E-state index in [4.69, 9.17) is 10.5 Å². The summed E-state index contributed by atoms with van der Waals surface area (Å²) >= 11 is 0. The lowest BCUT2D eigenvalue weighted by atomic mass is 9.93. The number of benzene rings is 1. The monoisotopic (exact) mass is 410 g/mol. The minimum absolute atomic E-state index is 0.0200. The highest BCUT2D eigenvalue weighted by Gasteiger charge is 2.37. The first-order valence-corrected chi connectivity index (χ1v) is 9.84. The van der Waals surface area contributed by atoms with E-state index >= 15 is 0 Å². The van der Waals surface area contributed by atoms with Crippen molar-refractivity contribution in [3.05, 3.63) is 52.6 Å². The van der Waals surface area contributed by atoms with Gasteiger partial charge in [0.2, 0.25) is 0 Å². The van der Waals surface area contributed by atoms with Crippen molar-refractivity contribution in [2.75, 3.05) is 6.61 Å². The van der Waals surface area contributed by atoms with E-state index < -0.39 is 35.7 Å². The van der Waals surface area contributed by atoms with Crippen LogP contribution in [0, 0.1) is 17.5 Å². The molecule has 0 amide bonds. The Morgan fingerprint density at radius 1 is 1.24 bits per heavy atom. The first-order chi connectivity index (χ1) is 13.9. The number of ether oxygens (including phenoxy) is 1. The van der Waals surface area contributed by atoms with Gasteiger partial charge in [0.05, 0.1) is 31.1 Å². The molecule has 1 fully saturated rings. The molecule has 2 aromatic rings. The molecule has 1 aromatic carbocycles. The van der Waals surface area contributed by atoms with Crippen LogP contribution in [0.1, 0.15) is 42.7 Å². The maximum absolute atomic E-state index is 14.1. The Hall–Kier alpha value is -1.94. The molecule has 3 N–H and O–H groups in total. The molecule has 4 atom stereocenters. The van der Waals surface area contributed by atoms with E-state index in [2.05, 4.69) is 10.00 Å². The summed E-state index contributed by atoms with van der Waals surface area (Å²) in [5.74, 6) is -3.20. The molecule has 0 saturated carbocycles. The topological polar surface area (TPSA) is 76.5 Å². The quantitative estimate of drug-likeness (QED) is 0.740. The zero-order valence-corrected chi connectivity index (χ0v) is 16.2. The van der Waals surface area contributed by atoms with Gasteiger partial charge >= 0.3 is 0 Å². The summed E-state index contributed by atoms with van der Waals surface area (Å²) in [6, 6.07) is 0.830. The van der Waals surface area contributed by atoms with Crippen LogP contribution in [0.3, 0.4) is 0 Å². The molecule has 158 valence electrons. The number of rotatable bonds is 5. The Morgan fingerprint density at radius 2 is 2.00 bits per heavy atom. The first-order valence-electron chi connectivity index (χ1n) is 9.84. The number of hydrogen-bond acceptors (Lipinski definition) is 5. The van der Waals surface area contributed by atoms with Gasteiger partial charge in [-0.3, -0.25) is 9.58 Å². The average molecular weight is 410 g/mol. The number of aromatic nitrogens is 2. The summed E-state index contributed by atoms with van der Waals surface area (Å²) in [5.41, 5.74) is 8.36. The van der Waals surface area contributed by atoms with E-state index in [0.29, 0.717) is 45.1 Å². The summed E-state index contributed by atoms with van der Waals surface area (Å²) in [6.07, 6.45) is 1.76. The molecule has 9 heteroatoms. The van der Waals surface area contributed by atoms with Crippen molar-refractivity contribution in [1.82, 2.24) is 14.7 Å². The molecule has 0 unspecified atom stereocenters. The predicted molar refractivity (Wildman–Crippen MR) is 99.2 cm³/mol. The van der Waals surface area contributed by atoms with Crippen molar-refractivity contribution < 1.29 is 23.0 Å². The van der Waals surface area contributed by atoms with Crippen molar-refractivity contribution in [2.24, 2.45) is 5.73 Å². The van der Waals surface area contributed by atoms with E-state index in [1.165, 1.54) is 0 Å². The molecule has 0 bridgehead atoms. The van der Waals surface area contributed by atoms with Gasteiger partial charge in [-0.25, -0.2) is 13.2 Å². The second-order valence-corrected chi connectivity index (χ2v) is 7.86. The van der Waals surface area contributed by atoms with Crippen molar-refractivity contribution in [1.29, 1.82) is 0 Å². The van der Waals surface area contributed by atoms with E-state index in [0.717, 1.165) is 17.3 Å². The van der Waals surface area contributed by atoms with E-state index in [9.17, 15) is 18.3 Å². The van der Waals surface area contributed by atoms with Crippen LogP contribution in [0.25, 0.3) is 0 Å². The number of fused-ring (bicyclic) bond motifs is 1. The summed E-state index contributed by atoms with van der Waals surface area (Å²) in [4.78, 5) is 2.22. The Labute approximate surface area is 167 Å². The lowest BCUT2D eigenvalue weighted by Crippen LogP contribution is -2.48. The van der Waals surface area contributed by atoms with Crippen molar-refractivity contribution in [3.8, 4) is 0 Å². The molecule has 0 radical (unpaired) electrons. The Morgan fingerprint density at radius 3 is 2.72 bits per heavy atom. The predicted octanol–water partition coefficient (Wildman–Crippen LogP) is 2.24. The zero-order valence-electron chi connectivity index (χ0n) is 16.2. The highest BCUT2D eigenvalue weighted by atomic mass is 19.2. The van der Waals surface area contributed by atoms with Crippen LogP contribution >= 0.6 is 0 Å². The Kier molecular flexibility index (Phi) is 5.65. The molecular formula is C20H25F3N4O2.